The van der Waals surface area contributed by atoms with Gasteiger partial charge in [0.25, 0.3) is 0 Å². The van der Waals surface area contributed by atoms with Gasteiger partial charge in [-0.2, -0.15) is 0 Å². The van der Waals surface area contributed by atoms with Crippen LogP contribution in [-0.2, 0) is 0 Å². The van der Waals surface area contributed by atoms with Gasteiger partial charge in [0.15, 0.2) is 0 Å². The van der Waals surface area contributed by atoms with Crippen molar-refractivity contribution in [2.45, 2.75) is 14.8 Å². The summed E-state index contributed by atoms with van der Waals surface area (Å²) in [6.07, 6.45) is 0. The second-order valence-electron chi connectivity index (χ2n) is 3.74. The van der Waals surface area contributed by atoms with E-state index in [-0.39, 0.29) is 0 Å². The summed E-state index contributed by atoms with van der Waals surface area (Å²) in [5, 5.41) is 0. The molecule has 1 N–H and O–H groups in total. The van der Waals surface area contributed by atoms with E-state index in [1.54, 1.807) is 0 Å². The van der Waals surface area contributed by atoms with E-state index in [2.05, 4.69) is 42.6 Å². The zero-order valence-corrected chi connectivity index (χ0v) is 10.2. The van der Waals surface area contributed by atoms with E-state index >= 15 is 0 Å². The maximum atomic E-state index is 3.59. The second kappa shape index (κ2) is 3.48. The SMILES string of the molecule is [CH3][Sn]([CH3])([CH3])[NH]c1ccccc1. The molecule has 0 saturated carbocycles. The summed E-state index contributed by atoms with van der Waals surface area (Å²) in [4.78, 5) is 7.09. The van der Waals surface area contributed by atoms with Crippen LogP contribution in [0, 0.1) is 0 Å². The molecule has 0 aliphatic heterocycles. The van der Waals surface area contributed by atoms with Crippen LogP contribution in [0.2, 0.25) is 14.8 Å². The third-order valence-corrected chi connectivity index (χ3v) is 4.26. The molecule has 1 rings (SSSR count). The number of rotatable bonds is 2. The molecule has 0 amide bonds. The minimum absolute atomic E-state index is 1.27. The van der Waals surface area contributed by atoms with Gasteiger partial charge in [-0.15, -0.1) is 0 Å². The van der Waals surface area contributed by atoms with Crippen molar-refractivity contribution >= 4 is 24.3 Å². The van der Waals surface area contributed by atoms with Gasteiger partial charge < -0.3 is 0 Å². The van der Waals surface area contributed by atoms with Crippen LogP contribution in [0.1, 0.15) is 0 Å². The first kappa shape index (κ1) is 8.91. The number of anilines is 1. The molecule has 0 heterocycles. The fraction of sp³-hybridized carbons (Fsp3) is 0.333. The van der Waals surface area contributed by atoms with E-state index in [0.717, 1.165) is 0 Å². The van der Waals surface area contributed by atoms with Crippen LogP contribution in [0.15, 0.2) is 30.3 Å². The normalized spacial score (nSPS) is 11.2. The van der Waals surface area contributed by atoms with Crippen LogP contribution in [0.4, 0.5) is 5.69 Å². The molecule has 60 valence electrons. The molecule has 1 aromatic carbocycles. The van der Waals surface area contributed by atoms with Gasteiger partial charge in [0.2, 0.25) is 0 Å². The maximum absolute atomic E-state index is 3.59. The summed E-state index contributed by atoms with van der Waals surface area (Å²) >= 11 is -1.81. The van der Waals surface area contributed by atoms with Gasteiger partial charge >= 0.3 is 73.0 Å². The molecule has 0 unspecified atom stereocenters. The average Bonchev–Trinajstić information content (AvgIpc) is 1.85. The van der Waals surface area contributed by atoms with Crippen molar-refractivity contribution < 1.29 is 0 Å². The van der Waals surface area contributed by atoms with Crippen LogP contribution in [0.25, 0.3) is 0 Å². The van der Waals surface area contributed by atoms with E-state index < -0.39 is 18.7 Å². The number of hydrogen-bond donors (Lipinski definition) is 1. The molecule has 1 aromatic rings. The van der Waals surface area contributed by atoms with E-state index in [0.29, 0.717) is 0 Å². The second-order valence-corrected chi connectivity index (χ2v) is 17.3. The van der Waals surface area contributed by atoms with Gasteiger partial charge in [0.05, 0.1) is 0 Å². The van der Waals surface area contributed by atoms with Crippen molar-refractivity contribution in [3.63, 3.8) is 0 Å². The van der Waals surface area contributed by atoms with E-state index in [1.165, 1.54) is 5.69 Å². The van der Waals surface area contributed by atoms with Crippen molar-refractivity contribution in [1.82, 2.24) is 0 Å². The Hall–Kier alpha value is -0.181. The Balaban J connectivity index is 2.66. The van der Waals surface area contributed by atoms with E-state index in [9.17, 15) is 0 Å². The number of para-hydroxylation sites is 1. The van der Waals surface area contributed by atoms with Crippen molar-refractivity contribution in [1.29, 1.82) is 0 Å². The van der Waals surface area contributed by atoms with Crippen LogP contribution in [0.5, 0.6) is 0 Å². The van der Waals surface area contributed by atoms with Crippen LogP contribution >= 0.6 is 0 Å². The summed E-state index contributed by atoms with van der Waals surface area (Å²) in [5.74, 6) is 0. The fourth-order valence-electron chi connectivity index (χ4n) is 0.954. The van der Waals surface area contributed by atoms with Crippen LogP contribution < -0.4 is 3.54 Å². The quantitative estimate of drug-likeness (QED) is 0.802. The summed E-state index contributed by atoms with van der Waals surface area (Å²) in [6, 6.07) is 10.4. The van der Waals surface area contributed by atoms with Crippen LogP contribution in [-0.4, -0.2) is 18.7 Å². The molecule has 0 atom stereocenters. The molecule has 0 aliphatic rings. The van der Waals surface area contributed by atoms with E-state index in [4.69, 9.17) is 0 Å². The third-order valence-electron chi connectivity index (χ3n) is 1.29. The minimum atomic E-state index is -1.81. The molecule has 0 radical (unpaired) electrons. The fourth-order valence-corrected chi connectivity index (χ4v) is 3.90. The molecule has 1 nitrogen and oxygen atoms in total. The van der Waals surface area contributed by atoms with Crippen molar-refractivity contribution in [2.75, 3.05) is 3.54 Å². The molecule has 0 saturated heterocycles. The van der Waals surface area contributed by atoms with Crippen molar-refractivity contribution in [2.24, 2.45) is 0 Å². The molecule has 0 bridgehead atoms. The Labute approximate surface area is 73.0 Å². The van der Waals surface area contributed by atoms with Crippen molar-refractivity contribution in [3.8, 4) is 0 Å². The van der Waals surface area contributed by atoms with Gasteiger partial charge in [0.1, 0.15) is 0 Å². The predicted octanol–water partition coefficient (Wildman–Crippen LogP) is 2.93. The Morgan fingerprint density at radius 3 is 2.00 bits per heavy atom. The molecule has 0 spiro atoms. The van der Waals surface area contributed by atoms with Gasteiger partial charge in [-0.25, -0.2) is 0 Å². The first-order valence-electron chi connectivity index (χ1n) is 3.91. The summed E-state index contributed by atoms with van der Waals surface area (Å²) in [5.41, 5.74) is 1.27. The number of benzene rings is 1. The third kappa shape index (κ3) is 3.65. The summed E-state index contributed by atoms with van der Waals surface area (Å²) in [6.45, 7) is 0. The Morgan fingerprint density at radius 1 is 1.00 bits per heavy atom. The monoisotopic (exact) mass is 257 g/mol. The molecule has 0 aliphatic carbocycles. The first-order valence-corrected chi connectivity index (χ1v) is 13.9. The average molecular weight is 256 g/mol. The molecular weight excluding hydrogens is 241 g/mol. The van der Waals surface area contributed by atoms with E-state index in [1.807, 2.05) is 6.07 Å². The van der Waals surface area contributed by atoms with Crippen molar-refractivity contribution in [3.05, 3.63) is 30.3 Å². The standard InChI is InChI=1S/C6H6N.3CH3.Sn/c7-6-4-2-1-3-5-6;;;;/h1-5,7H;3*1H3;/q-1;;;;+1. The predicted molar refractivity (Wildman–Crippen MR) is 53.4 cm³/mol. The molecule has 0 aromatic heterocycles. The van der Waals surface area contributed by atoms with Gasteiger partial charge in [-0.1, -0.05) is 0 Å². The zero-order chi connectivity index (χ0) is 8.32. The zero-order valence-electron chi connectivity index (χ0n) is 7.39. The Morgan fingerprint density at radius 2 is 1.55 bits per heavy atom. The molecule has 0 fully saturated rings. The van der Waals surface area contributed by atoms with Gasteiger partial charge in [0, 0.05) is 0 Å². The molecular formula is C9H15NSn. The summed E-state index contributed by atoms with van der Waals surface area (Å²) < 4.78 is 3.59. The topological polar surface area (TPSA) is 12.0 Å². The van der Waals surface area contributed by atoms with Crippen LogP contribution in [0.3, 0.4) is 0 Å². The number of hydrogen-bond acceptors (Lipinski definition) is 1. The Bertz CT molecular complexity index is 213. The number of nitrogens with one attached hydrogen (secondary N) is 1. The van der Waals surface area contributed by atoms with Gasteiger partial charge in [-0.05, 0) is 0 Å². The van der Waals surface area contributed by atoms with Gasteiger partial charge in [-0.3, -0.25) is 0 Å². The molecule has 2 heteroatoms. The Kier molecular flexibility index (Phi) is 2.82. The summed E-state index contributed by atoms with van der Waals surface area (Å²) in [7, 11) is 0. The molecule has 11 heavy (non-hydrogen) atoms. The first-order chi connectivity index (χ1) is 5.08.